The van der Waals surface area contributed by atoms with Crippen LogP contribution in [0.4, 0.5) is 5.69 Å². The zero-order valence-electron chi connectivity index (χ0n) is 12.1. The number of hydrogen-bond acceptors (Lipinski definition) is 3. The number of anilines is 1. The molecule has 23 heavy (non-hydrogen) atoms. The molecule has 3 rings (SSSR count). The quantitative estimate of drug-likeness (QED) is 0.676. The molecular formula is C18H14N2O3. The fraction of sp³-hybridized carbons (Fsp3) is 0. The van der Waals surface area contributed by atoms with Crippen LogP contribution in [0.5, 0.6) is 5.75 Å². The van der Waals surface area contributed by atoms with Crippen molar-refractivity contribution >= 4 is 23.6 Å². The van der Waals surface area contributed by atoms with Crippen molar-refractivity contribution in [3.8, 4) is 5.75 Å². The van der Waals surface area contributed by atoms with Crippen molar-refractivity contribution in [1.29, 1.82) is 0 Å². The third-order valence-electron chi connectivity index (χ3n) is 3.38. The topological polar surface area (TPSA) is 69.6 Å². The molecule has 1 saturated heterocycles. The van der Waals surface area contributed by atoms with Gasteiger partial charge < -0.3 is 5.11 Å². The van der Waals surface area contributed by atoms with Crippen LogP contribution in [-0.4, -0.2) is 16.9 Å². The van der Waals surface area contributed by atoms with Crippen LogP contribution in [0.25, 0.3) is 6.08 Å². The van der Waals surface area contributed by atoms with Gasteiger partial charge in [-0.3, -0.25) is 15.0 Å². The van der Waals surface area contributed by atoms with Crippen LogP contribution in [0.2, 0.25) is 0 Å². The first kappa shape index (κ1) is 14.6. The Labute approximate surface area is 133 Å². The number of phenols is 1. The van der Waals surface area contributed by atoms with Crippen LogP contribution < -0.4 is 10.4 Å². The van der Waals surface area contributed by atoms with Crippen molar-refractivity contribution in [2.75, 3.05) is 5.01 Å². The molecule has 1 fully saturated rings. The monoisotopic (exact) mass is 306 g/mol. The normalized spacial score (nSPS) is 16.3. The first-order valence-electron chi connectivity index (χ1n) is 7.03. The lowest BCUT2D eigenvalue weighted by Crippen LogP contribution is -2.35. The van der Waals surface area contributed by atoms with Gasteiger partial charge in [0.2, 0.25) is 0 Å². The fourth-order valence-corrected chi connectivity index (χ4v) is 2.21. The van der Waals surface area contributed by atoms with Gasteiger partial charge in [0.15, 0.2) is 0 Å². The molecule has 2 N–H and O–H groups in total. The Hall–Kier alpha value is -3.34. The van der Waals surface area contributed by atoms with E-state index in [1.54, 1.807) is 60.7 Å². The summed E-state index contributed by atoms with van der Waals surface area (Å²) in [5, 5.41) is 10.9. The fourth-order valence-electron chi connectivity index (χ4n) is 2.21. The summed E-state index contributed by atoms with van der Waals surface area (Å²) in [5.74, 6) is -0.737. The van der Waals surface area contributed by atoms with Gasteiger partial charge in [0.05, 0.1) is 5.69 Å². The summed E-state index contributed by atoms with van der Waals surface area (Å²) in [4.78, 5) is 24.3. The highest BCUT2D eigenvalue weighted by Gasteiger charge is 2.33. The van der Waals surface area contributed by atoms with Crippen LogP contribution in [-0.2, 0) is 9.59 Å². The first-order chi connectivity index (χ1) is 11.2. The van der Waals surface area contributed by atoms with E-state index in [2.05, 4.69) is 5.43 Å². The minimum Gasteiger partial charge on any atom is -0.507 e. The summed E-state index contributed by atoms with van der Waals surface area (Å²) < 4.78 is 0. The average molecular weight is 306 g/mol. The molecule has 1 heterocycles. The first-order valence-corrected chi connectivity index (χ1v) is 7.03. The molecule has 0 aromatic heterocycles. The predicted octanol–water partition coefficient (Wildman–Crippen LogP) is 2.41. The molecule has 5 nitrogen and oxygen atoms in total. The van der Waals surface area contributed by atoms with E-state index in [1.807, 2.05) is 6.07 Å². The second-order valence-corrected chi connectivity index (χ2v) is 4.92. The van der Waals surface area contributed by atoms with E-state index < -0.39 is 11.8 Å². The maximum Gasteiger partial charge on any atom is 0.282 e. The number of aromatic hydroxyl groups is 1. The predicted molar refractivity (Wildman–Crippen MR) is 87.3 cm³/mol. The number of phenolic OH excluding ortho intramolecular Hbond substituents is 1. The lowest BCUT2D eigenvalue weighted by molar-refractivity contribution is -0.117. The van der Waals surface area contributed by atoms with Gasteiger partial charge >= 0.3 is 0 Å². The highest BCUT2D eigenvalue weighted by molar-refractivity contribution is 6.29. The molecule has 0 aliphatic carbocycles. The summed E-state index contributed by atoms with van der Waals surface area (Å²) in [6.45, 7) is 0. The number of carbonyl (C=O) groups excluding carboxylic acids is 2. The van der Waals surface area contributed by atoms with Crippen LogP contribution >= 0.6 is 0 Å². The molecule has 0 saturated carbocycles. The van der Waals surface area contributed by atoms with Gasteiger partial charge in [0.1, 0.15) is 11.3 Å². The highest BCUT2D eigenvalue weighted by Crippen LogP contribution is 2.20. The molecule has 0 unspecified atom stereocenters. The number of benzene rings is 2. The summed E-state index contributed by atoms with van der Waals surface area (Å²) in [6, 6.07) is 15.7. The zero-order valence-corrected chi connectivity index (χ0v) is 12.1. The smallest absolute Gasteiger partial charge is 0.282 e. The molecule has 0 atom stereocenters. The molecular weight excluding hydrogens is 292 g/mol. The van der Waals surface area contributed by atoms with E-state index in [0.29, 0.717) is 11.3 Å². The maximum atomic E-state index is 12.3. The number of para-hydroxylation sites is 2. The summed E-state index contributed by atoms with van der Waals surface area (Å²) >= 11 is 0. The molecule has 2 amide bonds. The van der Waals surface area contributed by atoms with Crippen molar-refractivity contribution in [2.24, 2.45) is 0 Å². The van der Waals surface area contributed by atoms with Gasteiger partial charge in [0.25, 0.3) is 11.8 Å². The lowest BCUT2D eigenvalue weighted by Gasteiger charge is -2.13. The Balaban J connectivity index is 1.82. The van der Waals surface area contributed by atoms with E-state index in [4.69, 9.17) is 0 Å². The average Bonchev–Trinajstić information content (AvgIpc) is 2.85. The van der Waals surface area contributed by atoms with Gasteiger partial charge in [-0.1, -0.05) is 48.6 Å². The number of rotatable bonds is 3. The number of nitrogens with zero attached hydrogens (tertiary/aromatic N) is 1. The van der Waals surface area contributed by atoms with Crippen LogP contribution in [0.1, 0.15) is 5.56 Å². The number of hydrogen-bond donors (Lipinski definition) is 2. The largest absolute Gasteiger partial charge is 0.507 e. The van der Waals surface area contributed by atoms with Gasteiger partial charge in [-0.2, -0.15) is 0 Å². The van der Waals surface area contributed by atoms with Crippen LogP contribution in [0.3, 0.4) is 0 Å². The summed E-state index contributed by atoms with van der Waals surface area (Å²) in [7, 11) is 0. The molecule has 0 radical (unpaired) electrons. The minimum atomic E-state index is -0.458. The van der Waals surface area contributed by atoms with E-state index in [-0.39, 0.29) is 11.3 Å². The maximum absolute atomic E-state index is 12.3. The summed E-state index contributed by atoms with van der Waals surface area (Å²) in [5.41, 5.74) is 3.77. The van der Waals surface area contributed by atoms with Crippen LogP contribution in [0, 0.1) is 0 Å². The third-order valence-corrected chi connectivity index (χ3v) is 3.38. The summed E-state index contributed by atoms with van der Waals surface area (Å²) in [6.07, 6.45) is 4.64. The number of nitrogens with one attached hydrogen (secondary N) is 1. The van der Waals surface area contributed by atoms with Crippen molar-refractivity contribution in [1.82, 2.24) is 5.43 Å². The van der Waals surface area contributed by atoms with Gasteiger partial charge in [0, 0.05) is 5.56 Å². The molecule has 0 spiro atoms. The van der Waals surface area contributed by atoms with E-state index in [9.17, 15) is 14.7 Å². The molecule has 2 aromatic carbocycles. The van der Waals surface area contributed by atoms with Crippen molar-refractivity contribution in [3.05, 3.63) is 77.9 Å². The Kier molecular flexibility index (Phi) is 3.93. The minimum absolute atomic E-state index is 0.0422. The van der Waals surface area contributed by atoms with Crippen molar-refractivity contribution in [2.45, 2.75) is 0 Å². The number of carbonyl (C=O) groups is 2. The van der Waals surface area contributed by atoms with E-state index in [1.165, 1.54) is 11.1 Å². The SMILES string of the molecule is O=C1NN(c2ccccc2)C(=O)C1=CC=Cc1ccccc1O. The number of hydrazine groups is 1. The Morgan fingerprint density at radius 1 is 0.957 bits per heavy atom. The molecule has 0 bridgehead atoms. The van der Waals surface area contributed by atoms with Crippen LogP contribution in [0.15, 0.2) is 72.3 Å². The lowest BCUT2D eigenvalue weighted by atomic mass is 10.1. The van der Waals surface area contributed by atoms with E-state index >= 15 is 0 Å². The number of allylic oxidation sites excluding steroid dienone is 2. The second kappa shape index (κ2) is 6.19. The Morgan fingerprint density at radius 3 is 2.39 bits per heavy atom. The van der Waals surface area contributed by atoms with Crippen molar-refractivity contribution in [3.63, 3.8) is 0 Å². The third kappa shape index (κ3) is 2.98. The van der Waals surface area contributed by atoms with E-state index in [0.717, 1.165) is 0 Å². The second-order valence-electron chi connectivity index (χ2n) is 4.92. The van der Waals surface area contributed by atoms with Crippen molar-refractivity contribution < 1.29 is 14.7 Å². The highest BCUT2D eigenvalue weighted by atomic mass is 16.3. The zero-order chi connectivity index (χ0) is 16.2. The van der Waals surface area contributed by atoms with Gasteiger partial charge in [-0.05, 0) is 24.3 Å². The van der Waals surface area contributed by atoms with Gasteiger partial charge in [-0.15, -0.1) is 0 Å². The molecule has 5 heteroatoms. The molecule has 114 valence electrons. The standard InChI is InChI=1S/C18H14N2O3/c21-16-12-5-4-7-13(16)8-6-11-15-17(22)19-20(18(15)23)14-9-2-1-3-10-14/h1-12,21H,(H,19,22). The molecule has 1 aliphatic heterocycles. The molecule has 2 aromatic rings. The van der Waals surface area contributed by atoms with Gasteiger partial charge in [-0.25, -0.2) is 5.01 Å². The Morgan fingerprint density at radius 2 is 1.65 bits per heavy atom. The molecule has 1 aliphatic rings. The Bertz CT molecular complexity index is 810. The number of amides is 2.